The number of piperidine rings is 1. The lowest BCUT2D eigenvalue weighted by Gasteiger charge is -2.32. The standard InChI is InChI=1S/C18H28N2O2/c1-16(20-12-6-3-7-13-20)15-19-18(21)11-8-14-22-17-9-4-2-5-10-17/h2,4-5,9-10,16H,3,6-8,11-15H2,1H3,(H,19,21). The minimum atomic E-state index is 0.125. The van der Waals surface area contributed by atoms with Crippen LogP contribution in [0, 0.1) is 0 Å². The molecule has 1 saturated heterocycles. The Labute approximate surface area is 133 Å². The van der Waals surface area contributed by atoms with Crippen molar-refractivity contribution in [3.63, 3.8) is 0 Å². The van der Waals surface area contributed by atoms with E-state index < -0.39 is 0 Å². The summed E-state index contributed by atoms with van der Waals surface area (Å²) in [5, 5.41) is 3.04. The number of carbonyl (C=O) groups excluding carboxylic acids is 1. The van der Waals surface area contributed by atoms with Gasteiger partial charge in [0.05, 0.1) is 6.61 Å². The first-order valence-electron chi connectivity index (χ1n) is 8.44. The van der Waals surface area contributed by atoms with Crippen LogP contribution < -0.4 is 10.1 Å². The van der Waals surface area contributed by atoms with Gasteiger partial charge >= 0.3 is 0 Å². The van der Waals surface area contributed by atoms with E-state index in [2.05, 4.69) is 17.1 Å². The minimum absolute atomic E-state index is 0.125. The van der Waals surface area contributed by atoms with Crippen LogP contribution in [0.25, 0.3) is 0 Å². The van der Waals surface area contributed by atoms with E-state index in [4.69, 9.17) is 4.74 Å². The Hall–Kier alpha value is -1.55. The minimum Gasteiger partial charge on any atom is -0.494 e. The van der Waals surface area contributed by atoms with Gasteiger partial charge in [0.1, 0.15) is 5.75 Å². The number of para-hydroxylation sites is 1. The van der Waals surface area contributed by atoms with E-state index in [-0.39, 0.29) is 5.91 Å². The Morgan fingerprint density at radius 2 is 1.95 bits per heavy atom. The van der Waals surface area contributed by atoms with Crippen molar-refractivity contribution >= 4 is 5.91 Å². The molecule has 1 N–H and O–H groups in total. The number of hydrogen-bond acceptors (Lipinski definition) is 3. The van der Waals surface area contributed by atoms with Crippen molar-refractivity contribution in [1.29, 1.82) is 0 Å². The largest absolute Gasteiger partial charge is 0.494 e. The van der Waals surface area contributed by atoms with Crippen molar-refractivity contribution < 1.29 is 9.53 Å². The summed E-state index contributed by atoms with van der Waals surface area (Å²) in [6.45, 7) is 5.87. The molecule has 0 aliphatic carbocycles. The second-order valence-electron chi connectivity index (χ2n) is 6.01. The van der Waals surface area contributed by atoms with Gasteiger partial charge in [-0.15, -0.1) is 0 Å². The molecule has 0 aromatic heterocycles. The molecule has 1 amide bonds. The summed E-state index contributed by atoms with van der Waals surface area (Å²) in [4.78, 5) is 14.3. The number of rotatable bonds is 8. The summed E-state index contributed by atoms with van der Waals surface area (Å²) >= 11 is 0. The van der Waals surface area contributed by atoms with Crippen LogP contribution in [0.3, 0.4) is 0 Å². The number of carbonyl (C=O) groups is 1. The second kappa shape index (κ2) is 9.46. The third kappa shape index (κ3) is 6.06. The number of amides is 1. The zero-order valence-corrected chi connectivity index (χ0v) is 13.6. The third-order valence-corrected chi connectivity index (χ3v) is 4.17. The highest BCUT2D eigenvalue weighted by atomic mass is 16.5. The normalized spacial score (nSPS) is 17.0. The SMILES string of the molecule is CC(CNC(=O)CCCOc1ccccc1)N1CCCCC1. The molecule has 1 aromatic carbocycles. The molecule has 22 heavy (non-hydrogen) atoms. The quantitative estimate of drug-likeness (QED) is 0.751. The smallest absolute Gasteiger partial charge is 0.220 e. The predicted octanol–water partition coefficient (Wildman–Crippen LogP) is 2.84. The van der Waals surface area contributed by atoms with E-state index >= 15 is 0 Å². The molecule has 1 aromatic rings. The molecule has 1 aliphatic heterocycles. The summed E-state index contributed by atoms with van der Waals surface area (Å²) in [5.41, 5.74) is 0. The first-order chi connectivity index (χ1) is 10.8. The van der Waals surface area contributed by atoms with Crippen LogP contribution in [-0.4, -0.2) is 43.1 Å². The van der Waals surface area contributed by atoms with Crippen molar-refractivity contribution in [2.45, 2.75) is 45.1 Å². The molecule has 2 rings (SSSR count). The summed E-state index contributed by atoms with van der Waals surface area (Å²) in [6, 6.07) is 10.2. The third-order valence-electron chi connectivity index (χ3n) is 4.17. The molecule has 4 nitrogen and oxygen atoms in total. The highest BCUT2D eigenvalue weighted by molar-refractivity contribution is 5.75. The fourth-order valence-electron chi connectivity index (χ4n) is 2.78. The average Bonchev–Trinajstić information content (AvgIpc) is 2.58. The molecule has 0 radical (unpaired) electrons. The van der Waals surface area contributed by atoms with Crippen molar-refractivity contribution in [3.8, 4) is 5.75 Å². The zero-order chi connectivity index (χ0) is 15.6. The molecule has 1 heterocycles. The van der Waals surface area contributed by atoms with Gasteiger partial charge < -0.3 is 10.1 Å². The molecule has 4 heteroatoms. The van der Waals surface area contributed by atoms with Crippen LogP contribution >= 0.6 is 0 Å². The Kier molecular flexibility index (Phi) is 7.23. The fourth-order valence-corrected chi connectivity index (χ4v) is 2.78. The van der Waals surface area contributed by atoms with Crippen LogP contribution in [-0.2, 0) is 4.79 Å². The van der Waals surface area contributed by atoms with Crippen molar-refractivity contribution in [1.82, 2.24) is 10.2 Å². The second-order valence-corrected chi connectivity index (χ2v) is 6.01. The Morgan fingerprint density at radius 3 is 2.68 bits per heavy atom. The molecule has 1 unspecified atom stereocenters. The van der Waals surface area contributed by atoms with Gasteiger partial charge in [-0.2, -0.15) is 0 Å². The van der Waals surface area contributed by atoms with E-state index in [1.807, 2.05) is 30.3 Å². The van der Waals surface area contributed by atoms with Crippen LogP contribution in [0.5, 0.6) is 5.75 Å². The molecular formula is C18H28N2O2. The molecule has 1 fully saturated rings. The molecule has 1 aliphatic rings. The zero-order valence-electron chi connectivity index (χ0n) is 13.6. The summed E-state index contributed by atoms with van der Waals surface area (Å²) < 4.78 is 5.59. The topological polar surface area (TPSA) is 41.6 Å². The van der Waals surface area contributed by atoms with E-state index in [9.17, 15) is 4.79 Å². The number of likely N-dealkylation sites (tertiary alicyclic amines) is 1. The van der Waals surface area contributed by atoms with Crippen LogP contribution in [0.4, 0.5) is 0 Å². The molecule has 0 bridgehead atoms. The Bertz CT molecular complexity index is 430. The Morgan fingerprint density at radius 1 is 1.23 bits per heavy atom. The monoisotopic (exact) mass is 304 g/mol. The van der Waals surface area contributed by atoms with Gasteiger partial charge in [0, 0.05) is 19.0 Å². The van der Waals surface area contributed by atoms with Gasteiger partial charge in [0.25, 0.3) is 0 Å². The lowest BCUT2D eigenvalue weighted by molar-refractivity contribution is -0.121. The van der Waals surface area contributed by atoms with Crippen LogP contribution in [0.2, 0.25) is 0 Å². The average molecular weight is 304 g/mol. The first kappa shape index (κ1) is 16.8. The van der Waals surface area contributed by atoms with Gasteiger partial charge in [-0.05, 0) is 51.4 Å². The van der Waals surface area contributed by atoms with E-state index in [1.54, 1.807) is 0 Å². The predicted molar refractivity (Wildman–Crippen MR) is 89.1 cm³/mol. The number of nitrogens with one attached hydrogen (secondary N) is 1. The van der Waals surface area contributed by atoms with Gasteiger partial charge in [-0.1, -0.05) is 24.6 Å². The Balaban J connectivity index is 1.54. The number of hydrogen-bond donors (Lipinski definition) is 1. The van der Waals surface area contributed by atoms with Crippen molar-refractivity contribution in [3.05, 3.63) is 30.3 Å². The van der Waals surface area contributed by atoms with E-state index in [0.717, 1.165) is 18.7 Å². The fraction of sp³-hybridized carbons (Fsp3) is 0.611. The number of nitrogens with zero attached hydrogens (tertiary/aromatic N) is 1. The molecule has 122 valence electrons. The van der Waals surface area contributed by atoms with Gasteiger partial charge in [0.15, 0.2) is 0 Å². The van der Waals surface area contributed by atoms with Gasteiger partial charge in [-0.25, -0.2) is 0 Å². The van der Waals surface area contributed by atoms with E-state index in [0.29, 0.717) is 19.1 Å². The maximum atomic E-state index is 11.9. The molecular weight excluding hydrogens is 276 g/mol. The first-order valence-corrected chi connectivity index (χ1v) is 8.44. The highest BCUT2D eigenvalue weighted by Crippen LogP contribution is 2.11. The van der Waals surface area contributed by atoms with E-state index in [1.165, 1.54) is 32.4 Å². The van der Waals surface area contributed by atoms with Gasteiger partial charge in [0.2, 0.25) is 5.91 Å². The van der Waals surface area contributed by atoms with Gasteiger partial charge in [-0.3, -0.25) is 9.69 Å². The summed E-state index contributed by atoms with van der Waals surface area (Å²) in [7, 11) is 0. The molecule has 1 atom stereocenters. The maximum Gasteiger partial charge on any atom is 0.220 e. The van der Waals surface area contributed by atoms with Crippen molar-refractivity contribution in [2.75, 3.05) is 26.2 Å². The number of ether oxygens (including phenoxy) is 1. The molecule has 0 saturated carbocycles. The van der Waals surface area contributed by atoms with Crippen LogP contribution in [0.1, 0.15) is 39.0 Å². The van der Waals surface area contributed by atoms with Crippen molar-refractivity contribution in [2.24, 2.45) is 0 Å². The number of benzene rings is 1. The van der Waals surface area contributed by atoms with Crippen LogP contribution in [0.15, 0.2) is 30.3 Å². The summed E-state index contributed by atoms with van der Waals surface area (Å²) in [5.74, 6) is 0.988. The lowest BCUT2D eigenvalue weighted by Crippen LogP contribution is -2.44. The maximum absolute atomic E-state index is 11.9. The highest BCUT2D eigenvalue weighted by Gasteiger charge is 2.16. The molecule has 0 spiro atoms. The summed E-state index contributed by atoms with van der Waals surface area (Å²) in [6.07, 6.45) is 5.19. The lowest BCUT2D eigenvalue weighted by atomic mass is 10.1.